The Kier molecular flexibility index (Phi) is 4.50. The van der Waals surface area contributed by atoms with Crippen molar-refractivity contribution in [3.05, 3.63) is 52.3 Å². The van der Waals surface area contributed by atoms with Crippen LogP contribution in [0.1, 0.15) is 17.5 Å². The Labute approximate surface area is 133 Å². The second-order valence-corrected chi connectivity index (χ2v) is 5.52. The number of aromatic amines is 2. The fraction of sp³-hybridized carbons (Fsp3) is 0.250. The second kappa shape index (κ2) is 6.72. The third-order valence-corrected chi connectivity index (χ3v) is 3.79. The first-order chi connectivity index (χ1) is 10.7. The van der Waals surface area contributed by atoms with Crippen LogP contribution in [0.4, 0.5) is 5.95 Å². The van der Waals surface area contributed by atoms with Gasteiger partial charge in [-0.25, -0.2) is 4.98 Å². The number of hydrogen-bond acceptors (Lipinski definition) is 4. The fourth-order valence-electron chi connectivity index (χ4n) is 2.45. The Balaban J connectivity index is 1.55. The number of rotatable bonds is 6. The van der Waals surface area contributed by atoms with E-state index in [1.807, 2.05) is 24.4 Å². The number of ether oxygens (including phenoxy) is 1. The Morgan fingerprint density at radius 2 is 2.05 bits per heavy atom. The van der Waals surface area contributed by atoms with Gasteiger partial charge in [0.15, 0.2) is 5.95 Å². The summed E-state index contributed by atoms with van der Waals surface area (Å²) >= 11 is 5.29. The number of H-pyrrole nitrogens is 2. The largest absolute Gasteiger partial charge is 0.377 e. The molecule has 3 rings (SSSR count). The lowest BCUT2D eigenvalue weighted by Crippen LogP contribution is -1.98. The molecule has 22 heavy (non-hydrogen) atoms. The molecule has 2 heterocycles. The monoisotopic (exact) mass is 314 g/mol. The van der Waals surface area contributed by atoms with Crippen molar-refractivity contribution in [2.75, 3.05) is 12.3 Å². The molecule has 6 heteroatoms. The van der Waals surface area contributed by atoms with E-state index >= 15 is 0 Å². The number of fused-ring (bicyclic) bond motifs is 1. The second-order valence-electron chi connectivity index (χ2n) is 5.13. The third kappa shape index (κ3) is 3.35. The van der Waals surface area contributed by atoms with Gasteiger partial charge in [-0.15, -0.1) is 0 Å². The highest BCUT2D eigenvalue weighted by molar-refractivity contribution is 7.71. The summed E-state index contributed by atoms with van der Waals surface area (Å²) in [6, 6.07) is 10.2. The molecule has 0 radical (unpaired) electrons. The lowest BCUT2D eigenvalue weighted by molar-refractivity contribution is 0.119. The van der Waals surface area contributed by atoms with Crippen LogP contribution < -0.4 is 5.73 Å². The topological polar surface area (TPSA) is 79.7 Å². The van der Waals surface area contributed by atoms with Crippen LogP contribution in [0.3, 0.4) is 0 Å². The van der Waals surface area contributed by atoms with Crippen LogP contribution in [0.25, 0.3) is 11.0 Å². The minimum absolute atomic E-state index is 0.331. The van der Waals surface area contributed by atoms with Crippen LogP contribution in [0.15, 0.2) is 36.5 Å². The number of nitrogens with one attached hydrogen (secondary N) is 2. The van der Waals surface area contributed by atoms with Gasteiger partial charge in [0, 0.05) is 12.8 Å². The molecular formula is C16H18N4OS. The van der Waals surface area contributed by atoms with E-state index in [1.165, 1.54) is 5.56 Å². The van der Waals surface area contributed by atoms with Crippen LogP contribution in [-0.2, 0) is 17.8 Å². The summed E-state index contributed by atoms with van der Waals surface area (Å²) in [7, 11) is 0. The molecule has 4 N–H and O–H groups in total. The first-order valence-electron chi connectivity index (χ1n) is 7.21. The number of aromatic nitrogens is 3. The maximum Gasteiger partial charge on any atom is 0.200 e. The molecule has 0 atom stereocenters. The third-order valence-electron chi connectivity index (χ3n) is 3.50. The standard InChI is InChI=1S/C16H18N4OS/c17-16-19-14-13(15(22)20-16)12(9-18-14)7-4-8-21-10-11-5-2-1-3-6-11/h1-3,5-6,9H,4,7-8,10H2,(H4,17,18,19,20,22). The zero-order valence-electron chi connectivity index (χ0n) is 12.1. The normalized spacial score (nSPS) is 11.1. The quantitative estimate of drug-likeness (QED) is 0.481. The summed E-state index contributed by atoms with van der Waals surface area (Å²) in [5.41, 5.74) is 8.82. The van der Waals surface area contributed by atoms with Crippen molar-refractivity contribution in [2.45, 2.75) is 19.4 Å². The van der Waals surface area contributed by atoms with E-state index < -0.39 is 0 Å². The molecule has 0 amide bonds. The highest BCUT2D eigenvalue weighted by Crippen LogP contribution is 2.19. The Hall–Kier alpha value is -2.18. The first-order valence-corrected chi connectivity index (χ1v) is 7.62. The van der Waals surface area contributed by atoms with Gasteiger partial charge in [0.1, 0.15) is 10.3 Å². The predicted octanol–water partition coefficient (Wildman–Crippen LogP) is 3.35. The predicted molar refractivity (Wildman–Crippen MR) is 90.1 cm³/mol. The summed E-state index contributed by atoms with van der Waals surface area (Å²) < 4.78 is 6.23. The van der Waals surface area contributed by atoms with Gasteiger partial charge < -0.3 is 20.4 Å². The van der Waals surface area contributed by atoms with Crippen molar-refractivity contribution in [1.29, 1.82) is 0 Å². The molecule has 3 aromatic rings. The summed E-state index contributed by atoms with van der Waals surface area (Å²) in [6.45, 7) is 1.35. The minimum atomic E-state index is 0.331. The molecule has 114 valence electrons. The number of aryl methyl sites for hydroxylation is 1. The maximum atomic E-state index is 5.70. The van der Waals surface area contributed by atoms with Crippen molar-refractivity contribution < 1.29 is 4.74 Å². The average molecular weight is 314 g/mol. The van der Waals surface area contributed by atoms with Crippen LogP contribution >= 0.6 is 12.2 Å². The van der Waals surface area contributed by atoms with Gasteiger partial charge >= 0.3 is 0 Å². The Bertz CT molecular complexity index is 810. The Morgan fingerprint density at radius 1 is 1.23 bits per heavy atom. The zero-order valence-corrected chi connectivity index (χ0v) is 13.0. The molecule has 0 unspecified atom stereocenters. The molecule has 0 aliphatic rings. The lowest BCUT2D eigenvalue weighted by atomic mass is 10.1. The van der Waals surface area contributed by atoms with E-state index in [-0.39, 0.29) is 0 Å². The van der Waals surface area contributed by atoms with Crippen molar-refractivity contribution in [2.24, 2.45) is 0 Å². The van der Waals surface area contributed by atoms with Crippen molar-refractivity contribution in [3.63, 3.8) is 0 Å². The van der Waals surface area contributed by atoms with Crippen molar-refractivity contribution >= 4 is 29.2 Å². The van der Waals surface area contributed by atoms with Gasteiger partial charge in [-0.3, -0.25) is 0 Å². The number of hydrogen-bond donors (Lipinski definition) is 3. The molecule has 2 aromatic heterocycles. The highest BCUT2D eigenvalue weighted by atomic mass is 32.1. The molecule has 0 aliphatic heterocycles. The summed E-state index contributed by atoms with van der Waals surface area (Å²) in [5, 5.41) is 0.951. The van der Waals surface area contributed by atoms with E-state index in [1.54, 1.807) is 0 Å². The fourth-order valence-corrected chi connectivity index (χ4v) is 2.79. The number of nitrogens with zero attached hydrogens (tertiary/aromatic N) is 1. The van der Waals surface area contributed by atoms with E-state index in [2.05, 4.69) is 27.1 Å². The summed E-state index contributed by atoms with van der Waals surface area (Å²) in [4.78, 5) is 10.2. The number of nitrogens with two attached hydrogens (primary N) is 1. The summed E-state index contributed by atoms with van der Waals surface area (Å²) in [5.74, 6) is 0.331. The van der Waals surface area contributed by atoms with Crippen LogP contribution in [0.5, 0.6) is 0 Å². The molecule has 1 aromatic carbocycles. The van der Waals surface area contributed by atoms with E-state index in [9.17, 15) is 0 Å². The molecule has 0 bridgehead atoms. The summed E-state index contributed by atoms with van der Waals surface area (Å²) in [6.07, 6.45) is 3.77. The smallest absolute Gasteiger partial charge is 0.200 e. The number of nitrogen functional groups attached to an aromatic ring is 1. The maximum absolute atomic E-state index is 5.70. The van der Waals surface area contributed by atoms with E-state index in [4.69, 9.17) is 22.7 Å². The van der Waals surface area contributed by atoms with Crippen LogP contribution in [0.2, 0.25) is 0 Å². The average Bonchev–Trinajstić information content (AvgIpc) is 2.91. The molecular weight excluding hydrogens is 296 g/mol. The van der Waals surface area contributed by atoms with Gasteiger partial charge in [0.2, 0.25) is 0 Å². The molecule has 0 saturated heterocycles. The van der Waals surface area contributed by atoms with E-state index in [0.717, 1.165) is 29.4 Å². The van der Waals surface area contributed by atoms with Gasteiger partial charge in [0.05, 0.1) is 12.0 Å². The number of benzene rings is 1. The van der Waals surface area contributed by atoms with Gasteiger partial charge in [0.25, 0.3) is 0 Å². The Morgan fingerprint density at radius 3 is 2.86 bits per heavy atom. The van der Waals surface area contributed by atoms with Crippen molar-refractivity contribution in [3.8, 4) is 0 Å². The molecule has 0 aliphatic carbocycles. The SMILES string of the molecule is Nc1nc(=S)c2c(CCCOCc3ccccc3)c[nH]c2[nH]1. The van der Waals surface area contributed by atoms with Crippen molar-refractivity contribution in [1.82, 2.24) is 15.0 Å². The van der Waals surface area contributed by atoms with Crippen LogP contribution in [0, 0.1) is 4.64 Å². The zero-order chi connectivity index (χ0) is 15.4. The minimum Gasteiger partial charge on any atom is -0.377 e. The number of anilines is 1. The highest BCUT2D eigenvalue weighted by Gasteiger charge is 2.07. The van der Waals surface area contributed by atoms with Gasteiger partial charge in [-0.05, 0) is 24.0 Å². The molecule has 5 nitrogen and oxygen atoms in total. The van der Waals surface area contributed by atoms with Gasteiger partial charge in [-0.1, -0.05) is 42.5 Å². The molecule has 0 spiro atoms. The first kappa shape index (κ1) is 14.7. The molecule has 0 saturated carbocycles. The van der Waals surface area contributed by atoms with Gasteiger partial charge in [-0.2, -0.15) is 0 Å². The van der Waals surface area contributed by atoms with E-state index in [0.29, 0.717) is 23.8 Å². The lowest BCUT2D eigenvalue weighted by Gasteiger charge is -2.04. The van der Waals surface area contributed by atoms with Crippen LogP contribution in [-0.4, -0.2) is 21.6 Å². The molecule has 0 fully saturated rings.